The smallest absolute Gasteiger partial charge is 0.244 e. The Kier molecular flexibility index (Phi) is 2.70. The predicted octanol–water partition coefficient (Wildman–Crippen LogP) is 0.902. The quantitative estimate of drug-likeness (QED) is 0.530. The Morgan fingerprint density at radius 2 is 1.64 bits per heavy atom. The van der Waals surface area contributed by atoms with Gasteiger partial charge in [-0.2, -0.15) is 0 Å². The van der Waals surface area contributed by atoms with Crippen LogP contribution in [0.3, 0.4) is 0 Å². The summed E-state index contributed by atoms with van der Waals surface area (Å²) in [5, 5.41) is 0. The third-order valence-corrected chi connectivity index (χ3v) is 4.13. The van der Waals surface area contributed by atoms with Crippen molar-refractivity contribution >= 4 is 43.7 Å². The van der Waals surface area contributed by atoms with Gasteiger partial charge in [0.05, 0.1) is 0 Å². The zero-order valence-corrected chi connectivity index (χ0v) is 9.05. The minimum Gasteiger partial charge on any atom is -0.281 e. The highest BCUT2D eigenvalue weighted by atomic mass is 79.9. The first-order valence-corrected chi connectivity index (χ1v) is 5.06. The molecule has 2 atom stereocenters. The molecule has 0 saturated carbocycles. The van der Waals surface area contributed by atoms with Crippen LogP contribution in [0, 0.1) is 0 Å². The lowest BCUT2D eigenvalue weighted by Crippen LogP contribution is -2.30. The highest BCUT2D eigenvalue weighted by molar-refractivity contribution is 9.12. The molecule has 0 aromatic carbocycles. The molecule has 1 heterocycles. The van der Waals surface area contributed by atoms with Crippen LogP contribution in [0.25, 0.3) is 0 Å². The number of alkyl halides is 2. The molecule has 0 N–H and O–H groups in total. The summed E-state index contributed by atoms with van der Waals surface area (Å²) in [6, 6.07) is 0. The van der Waals surface area contributed by atoms with Gasteiger partial charge >= 0.3 is 0 Å². The van der Waals surface area contributed by atoms with Crippen LogP contribution in [-0.2, 0) is 9.59 Å². The zero-order valence-electron chi connectivity index (χ0n) is 5.88. The molecule has 0 aromatic rings. The standard InChI is InChI=1S/C6H7Br2NO2/c1-2-9-5(10)3(7)4(8)6(9)11/h3-4H,2H2,1H3. The van der Waals surface area contributed by atoms with Gasteiger partial charge in [-0.25, -0.2) is 0 Å². The minimum absolute atomic E-state index is 0.153. The summed E-state index contributed by atoms with van der Waals surface area (Å²) in [5.74, 6) is -0.307. The van der Waals surface area contributed by atoms with Crippen molar-refractivity contribution in [3.63, 3.8) is 0 Å². The van der Waals surface area contributed by atoms with E-state index in [-0.39, 0.29) is 11.8 Å². The van der Waals surface area contributed by atoms with Crippen molar-refractivity contribution in [2.45, 2.75) is 16.6 Å². The van der Waals surface area contributed by atoms with Gasteiger partial charge in [0.1, 0.15) is 9.65 Å². The van der Waals surface area contributed by atoms with E-state index in [9.17, 15) is 9.59 Å². The van der Waals surface area contributed by atoms with E-state index in [2.05, 4.69) is 31.9 Å². The first-order valence-electron chi connectivity index (χ1n) is 3.23. The largest absolute Gasteiger partial charge is 0.281 e. The van der Waals surface area contributed by atoms with E-state index < -0.39 is 9.65 Å². The molecule has 1 fully saturated rings. The van der Waals surface area contributed by atoms with Crippen molar-refractivity contribution in [3.05, 3.63) is 0 Å². The van der Waals surface area contributed by atoms with Gasteiger partial charge in [-0.15, -0.1) is 0 Å². The molecule has 0 aromatic heterocycles. The summed E-state index contributed by atoms with van der Waals surface area (Å²) >= 11 is 6.26. The number of carbonyl (C=O) groups is 2. The number of likely N-dealkylation sites (tertiary alicyclic amines) is 1. The molecule has 1 aliphatic rings. The molecule has 62 valence electrons. The molecule has 1 aliphatic heterocycles. The second-order valence-electron chi connectivity index (χ2n) is 2.22. The highest BCUT2D eigenvalue weighted by Gasteiger charge is 2.43. The summed E-state index contributed by atoms with van der Waals surface area (Å²) in [5.41, 5.74) is 0. The van der Waals surface area contributed by atoms with E-state index in [0.717, 1.165) is 0 Å². The maximum absolute atomic E-state index is 11.2. The Labute approximate surface area is 81.4 Å². The van der Waals surface area contributed by atoms with Crippen molar-refractivity contribution in [1.82, 2.24) is 4.90 Å². The van der Waals surface area contributed by atoms with Gasteiger partial charge in [0.15, 0.2) is 0 Å². The zero-order chi connectivity index (χ0) is 8.59. The van der Waals surface area contributed by atoms with E-state index in [4.69, 9.17) is 0 Å². The second kappa shape index (κ2) is 3.23. The fourth-order valence-electron chi connectivity index (χ4n) is 0.968. The van der Waals surface area contributed by atoms with Gasteiger partial charge in [0.2, 0.25) is 11.8 Å². The second-order valence-corrected chi connectivity index (χ2v) is 4.20. The number of hydrogen-bond donors (Lipinski definition) is 0. The minimum atomic E-state index is -0.394. The van der Waals surface area contributed by atoms with Crippen LogP contribution in [-0.4, -0.2) is 32.9 Å². The van der Waals surface area contributed by atoms with Crippen LogP contribution >= 0.6 is 31.9 Å². The van der Waals surface area contributed by atoms with Crippen LogP contribution in [0.4, 0.5) is 0 Å². The molecular formula is C6H7Br2NO2. The van der Waals surface area contributed by atoms with E-state index in [1.807, 2.05) is 0 Å². The van der Waals surface area contributed by atoms with E-state index in [1.165, 1.54) is 4.90 Å². The summed E-state index contributed by atoms with van der Waals surface area (Å²) in [6.07, 6.45) is 0. The lowest BCUT2D eigenvalue weighted by molar-refractivity contribution is -0.137. The van der Waals surface area contributed by atoms with Crippen molar-refractivity contribution in [2.24, 2.45) is 0 Å². The third kappa shape index (κ3) is 1.36. The van der Waals surface area contributed by atoms with E-state index in [1.54, 1.807) is 6.92 Å². The van der Waals surface area contributed by atoms with Crippen LogP contribution in [0.15, 0.2) is 0 Å². The molecule has 2 unspecified atom stereocenters. The molecule has 3 nitrogen and oxygen atoms in total. The van der Waals surface area contributed by atoms with Gasteiger partial charge in [0, 0.05) is 6.54 Å². The average Bonchev–Trinajstić information content (AvgIpc) is 2.17. The maximum atomic E-state index is 11.2. The van der Waals surface area contributed by atoms with Crippen molar-refractivity contribution in [2.75, 3.05) is 6.54 Å². The SMILES string of the molecule is CCN1C(=O)C(Br)C(Br)C1=O. The Morgan fingerprint density at radius 3 is 1.82 bits per heavy atom. The lowest BCUT2D eigenvalue weighted by Gasteiger charge is -2.08. The average molecular weight is 285 g/mol. The van der Waals surface area contributed by atoms with Crippen molar-refractivity contribution < 1.29 is 9.59 Å². The van der Waals surface area contributed by atoms with Gasteiger partial charge < -0.3 is 0 Å². The lowest BCUT2D eigenvalue weighted by atomic mass is 10.4. The van der Waals surface area contributed by atoms with Gasteiger partial charge in [0.25, 0.3) is 0 Å². The number of carbonyl (C=O) groups excluding carboxylic acids is 2. The Hall–Kier alpha value is 0.1000. The number of nitrogens with zero attached hydrogens (tertiary/aromatic N) is 1. The van der Waals surface area contributed by atoms with Crippen molar-refractivity contribution in [1.29, 1.82) is 0 Å². The van der Waals surface area contributed by atoms with E-state index in [0.29, 0.717) is 6.54 Å². The number of imide groups is 1. The normalized spacial score (nSPS) is 31.7. The first-order chi connectivity index (χ1) is 5.09. The molecule has 11 heavy (non-hydrogen) atoms. The number of rotatable bonds is 1. The Morgan fingerprint density at radius 1 is 1.27 bits per heavy atom. The molecular weight excluding hydrogens is 278 g/mol. The maximum Gasteiger partial charge on any atom is 0.244 e. The third-order valence-electron chi connectivity index (χ3n) is 1.58. The number of hydrogen-bond acceptors (Lipinski definition) is 2. The molecule has 1 rings (SSSR count). The molecule has 0 spiro atoms. The van der Waals surface area contributed by atoms with Gasteiger partial charge in [-0.05, 0) is 6.92 Å². The molecule has 1 saturated heterocycles. The van der Waals surface area contributed by atoms with Gasteiger partial charge in [-0.3, -0.25) is 14.5 Å². The Balaban J connectivity index is 2.86. The van der Waals surface area contributed by atoms with Crippen molar-refractivity contribution in [3.8, 4) is 0 Å². The number of amides is 2. The topological polar surface area (TPSA) is 37.4 Å². The van der Waals surface area contributed by atoms with E-state index >= 15 is 0 Å². The van der Waals surface area contributed by atoms with Crippen LogP contribution in [0.1, 0.15) is 6.92 Å². The fraction of sp³-hybridized carbons (Fsp3) is 0.667. The van der Waals surface area contributed by atoms with Gasteiger partial charge in [-0.1, -0.05) is 31.9 Å². The van der Waals surface area contributed by atoms with Crippen LogP contribution in [0.5, 0.6) is 0 Å². The molecule has 0 bridgehead atoms. The number of halogens is 2. The fourth-order valence-corrected chi connectivity index (χ4v) is 1.91. The summed E-state index contributed by atoms with van der Waals surface area (Å²) in [4.78, 5) is 22.8. The molecule has 0 radical (unpaired) electrons. The highest BCUT2D eigenvalue weighted by Crippen LogP contribution is 2.25. The molecule has 2 amide bonds. The van der Waals surface area contributed by atoms with Crippen LogP contribution < -0.4 is 0 Å². The Bertz CT molecular complexity index is 187. The summed E-state index contributed by atoms with van der Waals surface area (Å²) in [6.45, 7) is 2.22. The summed E-state index contributed by atoms with van der Waals surface area (Å²) in [7, 11) is 0. The van der Waals surface area contributed by atoms with Crippen LogP contribution in [0.2, 0.25) is 0 Å². The first kappa shape index (κ1) is 9.19. The summed E-state index contributed by atoms with van der Waals surface area (Å²) < 4.78 is 0. The monoisotopic (exact) mass is 283 g/mol. The molecule has 5 heteroatoms. The molecule has 0 aliphatic carbocycles. The predicted molar refractivity (Wildman–Crippen MR) is 47.8 cm³/mol.